The van der Waals surface area contributed by atoms with Crippen LogP contribution in [0.4, 0.5) is 0 Å². The molecule has 2 aromatic rings. The monoisotopic (exact) mass is 298 g/mol. The molecule has 0 spiro atoms. The van der Waals surface area contributed by atoms with Crippen LogP contribution in [0.2, 0.25) is 0 Å². The Bertz CT molecular complexity index is 649. The average Bonchev–Trinajstić information content (AvgIpc) is 2.56. The van der Waals surface area contributed by atoms with Gasteiger partial charge in [-0.1, -0.05) is 55.1 Å². The van der Waals surface area contributed by atoms with Gasteiger partial charge in [-0.25, -0.2) is 4.79 Å². The van der Waals surface area contributed by atoms with Crippen LogP contribution >= 0.6 is 0 Å². The molecule has 1 unspecified atom stereocenters. The summed E-state index contributed by atoms with van der Waals surface area (Å²) < 4.78 is 5.73. The summed E-state index contributed by atoms with van der Waals surface area (Å²) in [7, 11) is 0. The van der Waals surface area contributed by atoms with Crippen molar-refractivity contribution in [3.63, 3.8) is 0 Å². The summed E-state index contributed by atoms with van der Waals surface area (Å²) in [6, 6.07) is 17.3. The summed E-state index contributed by atoms with van der Waals surface area (Å²) in [6.07, 6.45) is 0. The van der Waals surface area contributed by atoms with Crippen molar-refractivity contribution >= 4 is 5.97 Å². The molecule has 0 fully saturated rings. The second-order valence-electron chi connectivity index (χ2n) is 4.88. The fraction of sp³-hybridized carbons (Fsp3) is 0.167. The molecule has 0 amide bonds. The van der Waals surface area contributed by atoms with Crippen LogP contribution in [0.1, 0.15) is 0 Å². The van der Waals surface area contributed by atoms with E-state index in [1.54, 1.807) is 0 Å². The van der Waals surface area contributed by atoms with E-state index in [-0.39, 0.29) is 18.8 Å². The molecule has 4 nitrogen and oxygen atoms in total. The first-order valence-corrected chi connectivity index (χ1v) is 6.93. The zero-order chi connectivity index (χ0) is 15.9. The summed E-state index contributed by atoms with van der Waals surface area (Å²) in [4.78, 5) is 10.9. The lowest BCUT2D eigenvalue weighted by atomic mass is 10.0. The zero-order valence-corrected chi connectivity index (χ0v) is 12.1. The lowest BCUT2D eigenvalue weighted by molar-refractivity contribution is -0.133. The number of aliphatic hydroxyl groups excluding tert-OH is 1. The van der Waals surface area contributed by atoms with Crippen LogP contribution in [0.15, 0.2) is 66.7 Å². The molecule has 0 saturated heterocycles. The number of carboxylic acids is 1. The van der Waals surface area contributed by atoms with Crippen molar-refractivity contribution in [3.8, 4) is 16.9 Å². The standard InChI is InChI=1S/C18H18O4/c1-13(18(20)21)15(11-19)12-22-17-10-6-5-9-16(17)14-7-3-2-4-8-14/h2-10,15,19H,1,11-12H2,(H,20,21). The fourth-order valence-corrected chi connectivity index (χ4v) is 2.08. The Kier molecular flexibility index (Phi) is 5.33. The molecule has 0 heterocycles. The zero-order valence-electron chi connectivity index (χ0n) is 12.1. The van der Waals surface area contributed by atoms with Gasteiger partial charge in [0.1, 0.15) is 5.75 Å². The molecule has 0 aliphatic rings. The minimum atomic E-state index is -1.13. The summed E-state index contributed by atoms with van der Waals surface area (Å²) in [5.41, 5.74) is 1.87. The first-order chi connectivity index (χ1) is 10.6. The number of hydrogen-bond acceptors (Lipinski definition) is 3. The van der Waals surface area contributed by atoms with Crippen molar-refractivity contribution < 1.29 is 19.7 Å². The van der Waals surface area contributed by atoms with E-state index >= 15 is 0 Å². The van der Waals surface area contributed by atoms with Crippen molar-refractivity contribution in [3.05, 3.63) is 66.7 Å². The number of para-hydroxylation sites is 1. The number of benzene rings is 2. The predicted molar refractivity (Wildman–Crippen MR) is 84.7 cm³/mol. The molecule has 4 heteroatoms. The smallest absolute Gasteiger partial charge is 0.331 e. The van der Waals surface area contributed by atoms with Crippen LogP contribution in [0.5, 0.6) is 5.75 Å². The van der Waals surface area contributed by atoms with Crippen LogP contribution < -0.4 is 4.74 Å². The minimum absolute atomic E-state index is 0.0558. The van der Waals surface area contributed by atoms with Crippen molar-refractivity contribution in [2.45, 2.75) is 0 Å². The third-order valence-corrected chi connectivity index (χ3v) is 3.40. The molecule has 22 heavy (non-hydrogen) atoms. The Balaban J connectivity index is 2.17. The molecule has 0 aliphatic carbocycles. The van der Waals surface area contributed by atoms with Crippen molar-refractivity contribution in [2.75, 3.05) is 13.2 Å². The van der Waals surface area contributed by atoms with Crippen LogP contribution in [0, 0.1) is 5.92 Å². The van der Waals surface area contributed by atoms with Gasteiger partial charge < -0.3 is 14.9 Å². The number of carbonyl (C=O) groups is 1. The number of aliphatic carboxylic acids is 1. The number of carboxylic acid groups (broad SMARTS) is 1. The molecular weight excluding hydrogens is 280 g/mol. The van der Waals surface area contributed by atoms with Crippen molar-refractivity contribution in [1.82, 2.24) is 0 Å². The van der Waals surface area contributed by atoms with E-state index in [4.69, 9.17) is 9.84 Å². The van der Waals surface area contributed by atoms with E-state index < -0.39 is 11.9 Å². The minimum Gasteiger partial charge on any atom is -0.492 e. The molecule has 0 aliphatic heterocycles. The van der Waals surface area contributed by atoms with Crippen LogP contribution in [-0.4, -0.2) is 29.4 Å². The van der Waals surface area contributed by atoms with Gasteiger partial charge in [0.25, 0.3) is 0 Å². The molecular formula is C18H18O4. The maximum Gasteiger partial charge on any atom is 0.331 e. The molecule has 0 bridgehead atoms. The Hall–Kier alpha value is -2.59. The quantitative estimate of drug-likeness (QED) is 0.771. The first-order valence-electron chi connectivity index (χ1n) is 6.93. The number of rotatable bonds is 7. The van der Waals surface area contributed by atoms with Crippen molar-refractivity contribution in [1.29, 1.82) is 0 Å². The first kappa shape index (κ1) is 15.8. The number of aliphatic hydroxyl groups is 1. The highest BCUT2D eigenvalue weighted by Crippen LogP contribution is 2.30. The van der Waals surface area contributed by atoms with E-state index in [0.717, 1.165) is 11.1 Å². The third kappa shape index (κ3) is 3.74. The average molecular weight is 298 g/mol. The lowest BCUT2D eigenvalue weighted by Gasteiger charge is -2.17. The number of hydrogen-bond donors (Lipinski definition) is 2. The normalized spacial score (nSPS) is 11.7. The van der Waals surface area contributed by atoms with E-state index in [1.807, 2.05) is 54.6 Å². The van der Waals surface area contributed by atoms with Gasteiger partial charge in [0.2, 0.25) is 0 Å². The third-order valence-electron chi connectivity index (χ3n) is 3.40. The van der Waals surface area contributed by atoms with Gasteiger partial charge in [-0.05, 0) is 11.6 Å². The molecule has 0 aromatic heterocycles. The summed E-state index contributed by atoms with van der Waals surface area (Å²) in [5.74, 6) is -1.12. The molecule has 2 rings (SSSR count). The second kappa shape index (κ2) is 7.43. The summed E-state index contributed by atoms with van der Waals surface area (Å²) in [6.45, 7) is 3.22. The number of ether oxygens (including phenoxy) is 1. The van der Waals surface area contributed by atoms with Gasteiger partial charge in [-0.2, -0.15) is 0 Å². The van der Waals surface area contributed by atoms with Gasteiger partial charge in [0, 0.05) is 17.1 Å². The Labute approximate surface area is 129 Å². The highest BCUT2D eigenvalue weighted by atomic mass is 16.5. The molecule has 0 radical (unpaired) electrons. The van der Waals surface area contributed by atoms with Gasteiger partial charge in [0.15, 0.2) is 0 Å². The molecule has 1 atom stereocenters. The maximum atomic E-state index is 10.9. The Morgan fingerprint density at radius 2 is 1.73 bits per heavy atom. The summed E-state index contributed by atoms with van der Waals surface area (Å²) >= 11 is 0. The fourth-order valence-electron chi connectivity index (χ4n) is 2.08. The topological polar surface area (TPSA) is 66.8 Å². The summed E-state index contributed by atoms with van der Waals surface area (Å²) in [5, 5.41) is 18.3. The van der Waals surface area contributed by atoms with E-state index in [2.05, 4.69) is 6.58 Å². The van der Waals surface area contributed by atoms with E-state index in [0.29, 0.717) is 5.75 Å². The lowest BCUT2D eigenvalue weighted by Crippen LogP contribution is -2.22. The van der Waals surface area contributed by atoms with Crippen LogP contribution in [0.3, 0.4) is 0 Å². The SMILES string of the molecule is C=C(C(=O)O)C(CO)COc1ccccc1-c1ccccc1. The molecule has 2 N–H and O–H groups in total. The van der Waals surface area contributed by atoms with Gasteiger partial charge >= 0.3 is 5.97 Å². The highest BCUT2D eigenvalue weighted by Gasteiger charge is 2.19. The Morgan fingerprint density at radius 3 is 2.36 bits per heavy atom. The predicted octanol–water partition coefficient (Wildman–Crippen LogP) is 2.98. The van der Waals surface area contributed by atoms with E-state index in [1.165, 1.54) is 0 Å². The largest absolute Gasteiger partial charge is 0.492 e. The Morgan fingerprint density at radius 1 is 1.09 bits per heavy atom. The maximum absolute atomic E-state index is 10.9. The van der Waals surface area contributed by atoms with E-state index in [9.17, 15) is 9.90 Å². The highest BCUT2D eigenvalue weighted by molar-refractivity contribution is 5.86. The molecule has 0 saturated carbocycles. The van der Waals surface area contributed by atoms with Gasteiger partial charge in [0.05, 0.1) is 13.2 Å². The van der Waals surface area contributed by atoms with Gasteiger partial charge in [-0.15, -0.1) is 0 Å². The van der Waals surface area contributed by atoms with Crippen molar-refractivity contribution in [2.24, 2.45) is 5.92 Å². The second-order valence-corrected chi connectivity index (χ2v) is 4.88. The van der Waals surface area contributed by atoms with Crippen LogP contribution in [0.25, 0.3) is 11.1 Å². The van der Waals surface area contributed by atoms with Gasteiger partial charge in [-0.3, -0.25) is 0 Å². The molecule has 114 valence electrons. The van der Waals surface area contributed by atoms with Crippen LogP contribution in [-0.2, 0) is 4.79 Å². The molecule has 2 aromatic carbocycles.